The van der Waals surface area contributed by atoms with Gasteiger partial charge >= 0.3 is 0 Å². The zero-order valence-corrected chi connectivity index (χ0v) is 12.7. The van der Waals surface area contributed by atoms with Gasteiger partial charge in [-0.15, -0.1) is 0 Å². The lowest BCUT2D eigenvalue weighted by Crippen LogP contribution is -2.54. The van der Waals surface area contributed by atoms with Crippen molar-refractivity contribution in [1.82, 2.24) is 9.03 Å². The van der Waals surface area contributed by atoms with Crippen molar-refractivity contribution in [2.45, 2.75) is 75.9 Å². The van der Waals surface area contributed by atoms with Gasteiger partial charge in [-0.2, -0.15) is 17.4 Å². The van der Waals surface area contributed by atoms with Gasteiger partial charge in [-0.1, -0.05) is 32.1 Å². The van der Waals surface area contributed by atoms with E-state index in [0.717, 1.165) is 51.4 Å². The topological polar surface area (TPSA) is 75.4 Å². The van der Waals surface area contributed by atoms with Crippen LogP contribution >= 0.6 is 0 Å². The van der Waals surface area contributed by atoms with Crippen LogP contribution in [0, 0.1) is 0 Å². The number of nitrogens with two attached hydrogens (primary N) is 1. The van der Waals surface area contributed by atoms with Crippen LogP contribution < -0.4 is 10.5 Å². The molecule has 2 atom stereocenters. The first kappa shape index (κ1) is 15.2. The van der Waals surface area contributed by atoms with Crippen molar-refractivity contribution in [3.05, 3.63) is 0 Å². The van der Waals surface area contributed by atoms with Crippen molar-refractivity contribution in [2.75, 3.05) is 7.05 Å². The Bertz CT molecular complexity index is 379. The van der Waals surface area contributed by atoms with Crippen LogP contribution in [0.25, 0.3) is 0 Å². The Labute approximate surface area is 117 Å². The Hall–Kier alpha value is -0.170. The van der Waals surface area contributed by atoms with Crippen LogP contribution in [-0.2, 0) is 10.2 Å². The summed E-state index contributed by atoms with van der Waals surface area (Å²) in [6.45, 7) is 0. The molecule has 0 amide bonds. The Morgan fingerprint density at radius 3 is 2.21 bits per heavy atom. The van der Waals surface area contributed by atoms with Crippen molar-refractivity contribution >= 4 is 10.2 Å². The first-order valence-electron chi connectivity index (χ1n) is 7.51. The van der Waals surface area contributed by atoms with E-state index in [0.29, 0.717) is 0 Å². The summed E-state index contributed by atoms with van der Waals surface area (Å²) in [5.74, 6) is 0. The third-order valence-corrected chi connectivity index (χ3v) is 6.24. The molecule has 5 nitrogen and oxygen atoms in total. The van der Waals surface area contributed by atoms with Crippen LogP contribution in [0.15, 0.2) is 0 Å². The first-order valence-corrected chi connectivity index (χ1v) is 8.95. The van der Waals surface area contributed by atoms with Gasteiger partial charge in [0.15, 0.2) is 0 Å². The molecule has 112 valence electrons. The number of rotatable bonds is 4. The molecule has 0 spiro atoms. The van der Waals surface area contributed by atoms with Crippen molar-refractivity contribution in [3.8, 4) is 0 Å². The molecular formula is C13H27N3O2S. The van der Waals surface area contributed by atoms with E-state index in [9.17, 15) is 8.42 Å². The SMILES string of the molecule is CN(C1CCCCC1)S(=O)(=O)N[C@@H]1CCCC[C@H]1N. The number of nitrogens with one attached hydrogen (secondary N) is 1. The normalized spacial score (nSPS) is 30.7. The minimum atomic E-state index is -3.39. The lowest BCUT2D eigenvalue weighted by atomic mass is 9.92. The Balaban J connectivity index is 1.96. The van der Waals surface area contributed by atoms with E-state index >= 15 is 0 Å². The standard InChI is InChI=1S/C13H27N3O2S/c1-16(11-7-3-2-4-8-11)19(17,18)15-13-10-6-5-9-12(13)14/h11-13,15H,2-10,14H2,1H3/t12-,13-/m1/s1. The van der Waals surface area contributed by atoms with Crippen LogP contribution in [0.5, 0.6) is 0 Å². The minimum Gasteiger partial charge on any atom is -0.326 e. The molecular weight excluding hydrogens is 262 g/mol. The van der Waals surface area contributed by atoms with Crippen molar-refractivity contribution < 1.29 is 8.42 Å². The summed E-state index contributed by atoms with van der Waals surface area (Å²) in [6, 6.07) is 0.0270. The van der Waals surface area contributed by atoms with Gasteiger partial charge in [-0.05, 0) is 25.7 Å². The van der Waals surface area contributed by atoms with Gasteiger partial charge < -0.3 is 5.73 Å². The number of nitrogens with zero attached hydrogens (tertiary/aromatic N) is 1. The maximum absolute atomic E-state index is 12.4. The molecule has 0 saturated heterocycles. The summed E-state index contributed by atoms with van der Waals surface area (Å²) in [4.78, 5) is 0. The Kier molecular flexibility index (Phi) is 5.22. The van der Waals surface area contributed by atoms with E-state index in [1.165, 1.54) is 10.7 Å². The van der Waals surface area contributed by atoms with Gasteiger partial charge in [0.1, 0.15) is 0 Å². The maximum atomic E-state index is 12.4. The molecule has 2 rings (SSSR count). The zero-order chi connectivity index (χ0) is 13.9. The summed E-state index contributed by atoms with van der Waals surface area (Å²) in [5, 5.41) is 0. The second-order valence-corrected chi connectivity index (χ2v) is 7.75. The smallest absolute Gasteiger partial charge is 0.279 e. The average molecular weight is 289 g/mol. The maximum Gasteiger partial charge on any atom is 0.279 e. The van der Waals surface area contributed by atoms with Crippen LogP contribution in [0.2, 0.25) is 0 Å². The molecule has 0 bridgehead atoms. The van der Waals surface area contributed by atoms with Crippen LogP contribution in [0.1, 0.15) is 57.8 Å². The van der Waals surface area contributed by atoms with E-state index in [1.807, 2.05) is 0 Å². The summed E-state index contributed by atoms with van der Waals surface area (Å²) in [5.41, 5.74) is 6.02. The molecule has 0 unspecified atom stereocenters. The molecule has 0 radical (unpaired) electrons. The first-order chi connectivity index (χ1) is 9.00. The molecule has 2 fully saturated rings. The Morgan fingerprint density at radius 2 is 1.58 bits per heavy atom. The largest absolute Gasteiger partial charge is 0.326 e. The summed E-state index contributed by atoms with van der Waals surface area (Å²) in [7, 11) is -1.69. The highest BCUT2D eigenvalue weighted by atomic mass is 32.2. The fourth-order valence-corrected chi connectivity index (χ4v) is 4.67. The molecule has 0 aromatic rings. The molecule has 0 aliphatic heterocycles. The molecule has 19 heavy (non-hydrogen) atoms. The van der Waals surface area contributed by atoms with E-state index in [2.05, 4.69) is 4.72 Å². The third-order valence-electron chi connectivity index (χ3n) is 4.59. The van der Waals surface area contributed by atoms with E-state index < -0.39 is 10.2 Å². The highest BCUT2D eigenvalue weighted by molar-refractivity contribution is 7.87. The minimum absolute atomic E-state index is 0.0386. The summed E-state index contributed by atoms with van der Waals surface area (Å²) >= 11 is 0. The van der Waals surface area contributed by atoms with Gasteiger partial charge in [0.05, 0.1) is 0 Å². The quantitative estimate of drug-likeness (QED) is 0.820. The van der Waals surface area contributed by atoms with Crippen LogP contribution in [0.3, 0.4) is 0 Å². The van der Waals surface area contributed by atoms with Crippen LogP contribution in [-0.4, -0.2) is 37.9 Å². The van der Waals surface area contributed by atoms with Gasteiger partial charge in [0.25, 0.3) is 10.2 Å². The van der Waals surface area contributed by atoms with Crippen molar-refractivity contribution in [1.29, 1.82) is 0 Å². The highest BCUT2D eigenvalue weighted by Gasteiger charge is 2.32. The third kappa shape index (κ3) is 3.90. The van der Waals surface area contributed by atoms with Gasteiger partial charge in [0.2, 0.25) is 0 Å². The summed E-state index contributed by atoms with van der Waals surface area (Å²) < 4.78 is 29.2. The zero-order valence-electron chi connectivity index (χ0n) is 11.8. The van der Waals surface area contributed by atoms with E-state index in [-0.39, 0.29) is 18.1 Å². The number of hydrogen-bond acceptors (Lipinski definition) is 3. The van der Waals surface area contributed by atoms with Gasteiger partial charge in [-0.25, -0.2) is 0 Å². The Morgan fingerprint density at radius 1 is 1.00 bits per heavy atom. The lowest BCUT2D eigenvalue weighted by molar-refractivity contribution is 0.276. The number of hydrogen-bond donors (Lipinski definition) is 2. The van der Waals surface area contributed by atoms with Crippen LogP contribution in [0.4, 0.5) is 0 Å². The molecule has 0 aromatic heterocycles. The summed E-state index contributed by atoms with van der Waals surface area (Å²) in [6.07, 6.45) is 9.40. The molecule has 2 aliphatic carbocycles. The second kappa shape index (κ2) is 6.52. The lowest BCUT2D eigenvalue weighted by Gasteiger charge is -2.34. The molecule has 2 saturated carbocycles. The molecule has 6 heteroatoms. The van der Waals surface area contributed by atoms with E-state index in [1.54, 1.807) is 7.05 Å². The van der Waals surface area contributed by atoms with Crippen molar-refractivity contribution in [2.24, 2.45) is 5.73 Å². The molecule has 3 N–H and O–H groups in total. The molecule has 0 aromatic carbocycles. The molecule has 2 aliphatic rings. The fraction of sp³-hybridized carbons (Fsp3) is 1.00. The van der Waals surface area contributed by atoms with Gasteiger partial charge in [-0.3, -0.25) is 0 Å². The van der Waals surface area contributed by atoms with Gasteiger partial charge in [0, 0.05) is 25.2 Å². The van der Waals surface area contributed by atoms with E-state index in [4.69, 9.17) is 5.73 Å². The average Bonchev–Trinajstić information content (AvgIpc) is 2.41. The van der Waals surface area contributed by atoms with Crippen molar-refractivity contribution in [3.63, 3.8) is 0 Å². The second-order valence-electron chi connectivity index (χ2n) is 5.99. The molecule has 0 heterocycles. The fourth-order valence-electron chi connectivity index (χ4n) is 3.22. The predicted octanol–water partition coefficient (Wildman–Crippen LogP) is 1.36. The highest BCUT2D eigenvalue weighted by Crippen LogP contribution is 2.24. The predicted molar refractivity (Wildman–Crippen MR) is 76.9 cm³/mol. The monoisotopic (exact) mass is 289 g/mol.